The van der Waals surface area contributed by atoms with Gasteiger partial charge in [-0.25, -0.2) is 0 Å². The lowest BCUT2D eigenvalue weighted by atomic mass is 10.1. The molecule has 1 aliphatic rings. The number of nitriles is 1. The van der Waals surface area contributed by atoms with Crippen LogP contribution in [0, 0.1) is 18.3 Å². The Bertz CT molecular complexity index is 414. The fourth-order valence-corrected chi connectivity index (χ4v) is 2.35. The Morgan fingerprint density at radius 3 is 2.41 bits per heavy atom. The summed E-state index contributed by atoms with van der Waals surface area (Å²) in [5.41, 5.74) is 2.66. The molecule has 0 aromatic heterocycles. The standard InChI is InChI=1S/C14H19N3/c1-12-5-3-4-6-14(12)17-9-7-16(8-10-17)13(2)11-15/h3-6,13H,7-10H2,1-2H3. The van der Waals surface area contributed by atoms with E-state index in [1.807, 2.05) is 6.92 Å². The molecular formula is C14H19N3. The first-order valence-corrected chi connectivity index (χ1v) is 6.16. The van der Waals surface area contributed by atoms with Crippen molar-refractivity contribution in [2.45, 2.75) is 19.9 Å². The molecule has 3 heteroatoms. The number of anilines is 1. The molecule has 1 unspecified atom stereocenters. The van der Waals surface area contributed by atoms with Crippen molar-refractivity contribution < 1.29 is 0 Å². The first-order chi connectivity index (χ1) is 8.22. The molecule has 0 radical (unpaired) electrons. The molecule has 1 heterocycles. The maximum Gasteiger partial charge on any atom is 0.0950 e. The smallest absolute Gasteiger partial charge is 0.0950 e. The second-order valence-corrected chi connectivity index (χ2v) is 4.61. The van der Waals surface area contributed by atoms with Crippen LogP contribution in [0.3, 0.4) is 0 Å². The number of nitrogens with zero attached hydrogens (tertiary/aromatic N) is 3. The summed E-state index contributed by atoms with van der Waals surface area (Å²) in [7, 11) is 0. The molecule has 1 saturated heterocycles. The Hall–Kier alpha value is -1.53. The molecule has 0 saturated carbocycles. The van der Waals surface area contributed by atoms with Gasteiger partial charge in [0, 0.05) is 31.9 Å². The SMILES string of the molecule is Cc1ccccc1N1CCN(C(C)C#N)CC1. The van der Waals surface area contributed by atoms with Crippen LogP contribution < -0.4 is 4.90 Å². The Labute approximate surface area is 103 Å². The lowest BCUT2D eigenvalue weighted by Crippen LogP contribution is -2.49. The van der Waals surface area contributed by atoms with Crippen LogP contribution in [-0.4, -0.2) is 37.1 Å². The first kappa shape index (κ1) is 11.9. The molecule has 0 N–H and O–H groups in total. The van der Waals surface area contributed by atoms with Crippen LogP contribution in [0.25, 0.3) is 0 Å². The van der Waals surface area contributed by atoms with Crippen molar-refractivity contribution in [1.82, 2.24) is 4.90 Å². The van der Waals surface area contributed by atoms with Crippen LogP contribution in [0.5, 0.6) is 0 Å². The van der Waals surface area contributed by atoms with E-state index in [4.69, 9.17) is 5.26 Å². The van der Waals surface area contributed by atoms with Crippen molar-refractivity contribution in [3.63, 3.8) is 0 Å². The maximum atomic E-state index is 8.91. The third kappa shape index (κ3) is 2.59. The summed E-state index contributed by atoms with van der Waals surface area (Å²) in [6, 6.07) is 10.8. The zero-order chi connectivity index (χ0) is 12.3. The lowest BCUT2D eigenvalue weighted by Gasteiger charge is -2.37. The fraction of sp³-hybridized carbons (Fsp3) is 0.500. The Morgan fingerprint density at radius 2 is 1.82 bits per heavy atom. The van der Waals surface area contributed by atoms with Gasteiger partial charge in [-0.05, 0) is 25.5 Å². The summed E-state index contributed by atoms with van der Waals surface area (Å²) in [5, 5.41) is 8.91. The number of hydrogen-bond donors (Lipinski definition) is 0. The third-order valence-electron chi connectivity index (χ3n) is 3.50. The normalized spacial score (nSPS) is 18.8. The van der Waals surface area contributed by atoms with Crippen molar-refractivity contribution in [2.75, 3.05) is 31.1 Å². The molecule has 2 rings (SSSR count). The average molecular weight is 229 g/mol. The summed E-state index contributed by atoms with van der Waals surface area (Å²) in [5.74, 6) is 0. The monoisotopic (exact) mass is 229 g/mol. The average Bonchev–Trinajstić information content (AvgIpc) is 2.39. The second-order valence-electron chi connectivity index (χ2n) is 4.61. The summed E-state index contributed by atoms with van der Waals surface area (Å²) >= 11 is 0. The van der Waals surface area contributed by atoms with E-state index in [1.54, 1.807) is 0 Å². The molecule has 0 aliphatic carbocycles. The maximum absolute atomic E-state index is 8.91. The van der Waals surface area contributed by atoms with Crippen molar-refractivity contribution in [1.29, 1.82) is 5.26 Å². The second kappa shape index (κ2) is 5.20. The molecule has 1 atom stereocenters. The van der Waals surface area contributed by atoms with E-state index >= 15 is 0 Å². The van der Waals surface area contributed by atoms with E-state index < -0.39 is 0 Å². The van der Waals surface area contributed by atoms with Gasteiger partial charge in [-0.15, -0.1) is 0 Å². The molecule has 0 spiro atoms. The van der Waals surface area contributed by atoms with Crippen LogP contribution >= 0.6 is 0 Å². The Kier molecular flexibility index (Phi) is 3.65. The fourth-order valence-electron chi connectivity index (χ4n) is 2.35. The minimum atomic E-state index is 0.0361. The highest BCUT2D eigenvalue weighted by Gasteiger charge is 2.21. The minimum Gasteiger partial charge on any atom is -0.369 e. The van der Waals surface area contributed by atoms with Gasteiger partial charge < -0.3 is 4.90 Å². The Morgan fingerprint density at radius 1 is 1.18 bits per heavy atom. The van der Waals surface area contributed by atoms with Crippen LogP contribution in [0.4, 0.5) is 5.69 Å². The summed E-state index contributed by atoms with van der Waals surface area (Å²) in [6.45, 7) is 8.10. The molecule has 3 nitrogen and oxygen atoms in total. The van der Waals surface area contributed by atoms with Gasteiger partial charge in [0.25, 0.3) is 0 Å². The van der Waals surface area contributed by atoms with Gasteiger partial charge in [0.1, 0.15) is 0 Å². The van der Waals surface area contributed by atoms with E-state index in [9.17, 15) is 0 Å². The predicted octanol–water partition coefficient (Wildman–Crippen LogP) is 2.03. The van der Waals surface area contributed by atoms with Crippen molar-refractivity contribution in [2.24, 2.45) is 0 Å². The van der Waals surface area contributed by atoms with Gasteiger partial charge in [0.05, 0.1) is 12.1 Å². The number of para-hydroxylation sites is 1. The van der Waals surface area contributed by atoms with Crippen molar-refractivity contribution in [3.8, 4) is 6.07 Å². The number of rotatable bonds is 2. The predicted molar refractivity (Wildman–Crippen MR) is 70.0 cm³/mol. The van der Waals surface area contributed by atoms with Gasteiger partial charge in [-0.2, -0.15) is 5.26 Å². The number of aryl methyl sites for hydroxylation is 1. The lowest BCUT2D eigenvalue weighted by molar-refractivity contribution is 0.231. The third-order valence-corrected chi connectivity index (χ3v) is 3.50. The highest BCUT2D eigenvalue weighted by molar-refractivity contribution is 5.53. The van der Waals surface area contributed by atoms with Gasteiger partial charge in [-0.3, -0.25) is 4.90 Å². The molecule has 1 aliphatic heterocycles. The van der Waals surface area contributed by atoms with Gasteiger partial charge >= 0.3 is 0 Å². The molecule has 1 aromatic carbocycles. The number of piperazine rings is 1. The molecule has 1 fully saturated rings. The quantitative estimate of drug-likeness (QED) is 0.777. The number of benzene rings is 1. The van der Waals surface area contributed by atoms with Crippen molar-refractivity contribution >= 4 is 5.69 Å². The molecule has 1 aromatic rings. The number of hydrogen-bond acceptors (Lipinski definition) is 3. The van der Waals surface area contributed by atoms with E-state index in [0.29, 0.717) is 0 Å². The highest BCUT2D eigenvalue weighted by Crippen LogP contribution is 2.21. The molecule has 0 bridgehead atoms. The summed E-state index contributed by atoms with van der Waals surface area (Å²) in [4.78, 5) is 4.66. The Balaban J connectivity index is 2.01. The van der Waals surface area contributed by atoms with Crippen LogP contribution in [0.1, 0.15) is 12.5 Å². The van der Waals surface area contributed by atoms with E-state index in [2.05, 4.69) is 47.1 Å². The van der Waals surface area contributed by atoms with Crippen LogP contribution in [-0.2, 0) is 0 Å². The minimum absolute atomic E-state index is 0.0361. The largest absolute Gasteiger partial charge is 0.369 e. The molecular weight excluding hydrogens is 210 g/mol. The van der Waals surface area contributed by atoms with Gasteiger partial charge in [0.2, 0.25) is 0 Å². The zero-order valence-electron chi connectivity index (χ0n) is 10.6. The van der Waals surface area contributed by atoms with Crippen LogP contribution in [0.2, 0.25) is 0 Å². The zero-order valence-corrected chi connectivity index (χ0v) is 10.6. The summed E-state index contributed by atoms with van der Waals surface area (Å²) < 4.78 is 0. The molecule has 0 amide bonds. The van der Waals surface area contributed by atoms with Crippen molar-refractivity contribution in [3.05, 3.63) is 29.8 Å². The van der Waals surface area contributed by atoms with Gasteiger partial charge in [0.15, 0.2) is 0 Å². The van der Waals surface area contributed by atoms with E-state index in [-0.39, 0.29) is 6.04 Å². The topological polar surface area (TPSA) is 30.3 Å². The summed E-state index contributed by atoms with van der Waals surface area (Å²) in [6.07, 6.45) is 0. The van der Waals surface area contributed by atoms with E-state index in [0.717, 1.165) is 26.2 Å². The highest BCUT2D eigenvalue weighted by atomic mass is 15.3. The molecule has 90 valence electrons. The molecule has 17 heavy (non-hydrogen) atoms. The van der Waals surface area contributed by atoms with Crippen LogP contribution in [0.15, 0.2) is 24.3 Å². The van der Waals surface area contributed by atoms with Gasteiger partial charge in [-0.1, -0.05) is 18.2 Å². The van der Waals surface area contributed by atoms with E-state index in [1.165, 1.54) is 11.3 Å². The first-order valence-electron chi connectivity index (χ1n) is 6.16.